The van der Waals surface area contributed by atoms with Crippen molar-refractivity contribution in [3.8, 4) is 0 Å². The molecule has 154 valence electrons. The third-order valence-electron chi connectivity index (χ3n) is 9.50. The summed E-state index contributed by atoms with van der Waals surface area (Å²) in [5, 5.41) is 56.4. The number of Topliss-reactive ketones (excluding diaryl/α,β-unsaturated/α-hetero) is 1. The van der Waals surface area contributed by atoms with E-state index in [-0.39, 0.29) is 24.2 Å². The van der Waals surface area contributed by atoms with Crippen molar-refractivity contribution < 1.29 is 30.3 Å². The molecule has 0 bridgehead atoms. The van der Waals surface area contributed by atoms with Gasteiger partial charge < -0.3 is 25.5 Å². The summed E-state index contributed by atoms with van der Waals surface area (Å²) in [6.07, 6.45) is 0.590. The molecule has 6 nitrogen and oxygen atoms in total. The molecule has 0 radical (unpaired) electrons. The second kappa shape index (κ2) is 5.76. The number of hydrogen-bond acceptors (Lipinski definition) is 6. The number of ketones is 1. The molecule has 5 N–H and O–H groups in total. The van der Waals surface area contributed by atoms with Crippen LogP contribution in [0.4, 0.5) is 0 Å². The highest BCUT2D eigenvalue weighted by Crippen LogP contribution is 2.70. The van der Waals surface area contributed by atoms with Crippen molar-refractivity contribution in [3.63, 3.8) is 0 Å². The minimum atomic E-state index is -1.62. The molecule has 6 heteroatoms. The average molecular weight is 382 g/mol. The molecule has 0 unspecified atom stereocenters. The largest absolute Gasteiger partial charge is 0.393 e. The summed E-state index contributed by atoms with van der Waals surface area (Å²) in [5.74, 6) is -1.26. The van der Waals surface area contributed by atoms with Crippen LogP contribution in [-0.2, 0) is 4.79 Å². The van der Waals surface area contributed by atoms with E-state index in [1.165, 1.54) is 6.92 Å². The van der Waals surface area contributed by atoms with Gasteiger partial charge in [-0.25, -0.2) is 0 Å². The van der Waals surface area contributed by atoms with Gasteiger partial charge in [0.15, 0.2) is 0 Å². The first kappa shape index (κ1) is 19.8. The highest BCUT2D eigenvalue weighted by atomic mass is 16.4. The van der Waals surface area contributed by atoms with Crippen LogP contribution in [0.15, 0.2) is 0 Å². The summed E-state index contributed by atoms with van der Waals surface area (Å²) in [5.41, 5.74) is -4.93. The van der Waals surface area contributed by atoms with Crippen molar-refractivity contribution in [3.05, 3.63) is 0 Å². The second-order valence-electron chi connectivity index (χ2n) is 10.4. The number of aliphatic hydroxyl groups is 5. The Bertz CT molecular complexity index is 653. The van der Waals surface area contributed by atoms with E-state index in [4.69, 9.17) is 0 Å². The molecular formula is C21H34O6. The fourth-order valence-corrected chi connectivity index (χ4v) is 7.99. The molecule has 0 saturated heterocycles. The molecule has 10 atom stereocenters. The molecule has 0 aliphatic heterocycles. The van der Waals surface area contributed by atoms with Gasteiger partial charge in [-0.1, -0.05) is 13.8 Å². The molecule has 0 heterocycles. The van der Waals surface area contributed by atoms with Gasteiger partial charge in [-0.2, -0.15) is 0 Å². The van der Waals surface area contributed by atoms with Crippen LogP contribution >= 0.6 is 0 Å². The first-order chi connectivity index (χ1) is 12.4. The fraction of sp³-hybridized carbons (Fsp3) is 0.952. The van der Waals surface area contributed by atoms with E-state index in [0.29, 0.717) is 38.5 Å². The molecule has 4 fully saturated rings. The Kier molecular flexibility index (Phi) is 4.22. The first-order valence-electron chi connectivity index (χ1n) is 10.4. The zero-order valence-corrected chi connectivity index (χ0v) is 16.6. The number of carbonyl (C=O) groups excluding carboxylic acids is 1. The molecule has 4 rings (SSSR count). The molecule has 0 spiro atoms. The van der Waals surface area contributed by atoms with Gasteiger partial charge in [0, 0.05) is 17.3 Å². The van der Waals surface area contributed by atoms with Crippen LogP contribution in [-0.4, -0.2) is 60.8 Å². The van der Waals surface area contributed by atoms with Crippen molar-refractivity contribution >= 4 is 5.78 Å². The van der Waals surface area contributed by atoms with Gasteiger partial charge in [-0.15, -0.1) is 0 Å². The smallest absolute Gasteiger partial charge is 0.133 e. The number of rotatable bonds is 1. The topological polar surface area (TPSA) is 118 Å². The zero-order chi connectivity index (χ0) is 20.0. The Labute approximate surface area is 160 Å². The van der Waals surface area contributed by atoms with Gasteiger partial charge in [0.1, 0.15) is 11.4 Å². The quantitative estimate of drug-likeness (QED) is 0.457. The first-order valence-corrected chi connectivity index (χ1v) is 10.4. The van der Waals surface area contributed by atoms with Gasteiger partial charge in [-0.3, -0.25) is 4.79 Å². The Balaban J connectivity index is 1.85. The van der Waals surface area contributed by atoms with Gasteiger partial charge in [0.05, 0.1) is 23.9 Å². The van der Waals surface area contributed by atoms with E-state index >= 15 is 0 Å². The van der Waals surface area contributed by atoms with Crippen LogP contribution in [0, 0.1) is 28.6 Å². The number of fused-ring (bicyclic) bond motifs is 5. The third-order valence-corrected chi connectivity index (χ3v) is 9.50. The van der Waals surface area contributed by atoms with Crippen molar-refractivity contribution in [2.75, 3.05) is 0 Å². The van der Waals surface area contributed by atoms with E-state index in [0.717, 1.165) is 0 Å². The van der Waals surface area contributed by atoms with E-state index in [2.05, 4.69) is 0 Å². The Hall–Kier alpha value is -0.530. The Morgan fingerprint density at radius 2 is 1.63 bits per heavy atom. The summed E-state index contributed by atoms with van der Waals surface area (Å²) < 4.78 is 0. The van der Waals surface area contributed by atoms with Crippen LogP contribution < -0.4 is 0 Å². The van der Waals surface area contributed by atoms with E-state index < -0.39 is 46.1 Å². The highest BCUT2D eigenvalue weighted by molar-refractivity contribution is 5.80. The van der Waals surface area contributed by atoms with Crippen LogP contribution in [0.5, 0.6) is 0 Å². The minimum absolute atomic E-state index is 0.123. The number of aliphatic hydroxyl groups excluding tert-OH is 3. The zero-order valence-electron chi connectivity index (χ0n) is 16.6. The summed E-state index contributed by atoms with van der Waals surface area (Å²) >= 11 is 0. The Morgan fingerprint density at radius 3 is 2.26 bits per heavy atom. The normalized spacial score (nSPS) is 60.3. The molecule has 4 saturated carbocycles. The lowest BCUT2D eigenvalue weighted by molar-refractivity contribution is -0.346. The molecule has 0 aromatic carbocycles. The standard InChI is InChI=1S/C21H34O6/c1-11(22)14-6-9-21(27)19(14,3)17(25)15(24)16-18(2)7-5-13(23)10-12(18)4-8-20(16,21)26/h12-17,23-27H,4-10H2,1-3H3/t12-,13-,14+,15-,16+,17+,18-,19-,20-,21+/m0/s1. The predicted octanol–water partition coefficient (Wildman–Crippen LogP) is 0.767. The number of hydrogen-bond donors (Lipinski definition) is 5. The van der Waals surface area contributed by atoms with Crippen molar-refractivity contribution in [2.45, 2.75) is 95.2 Å². The molecular weight excluding hydrogens is 348 g/mol. The maximum Gasteiger partial charge on any atom is 0.133 e. The van der Waals surface area contributed by atoms with E-state index in [1.54, 1.807) is 6.92 Å². The monoisotopic (exact) mass is 382 g/mol. The third kappa shape index (κ3) is 2.11. The van der Waals surface area contributed by atoms with Crippen LogP contribution in [0.2, 0.25) is 0 Å². The number of carbonyl (C=O) groups is 1. The summed E-state index contributed by atoms with van der Waals surface area (Å²) in [6.45, 7) is 5.14. The molecule has 0 aromatic rings. The molecule has 0 aromatic heterocycles. The lowest BCUT2D eigenvalue weighted by Crippen LogP contribution is -2.80. The average Bonchev–Trinajstić information content (AvgIpc) is 2.88. The second-order valence-corrected chi connectivity index (χ2v) is 10.4. The lowest BCUT2D eigenvalue weighted by atomic mass is 9.40. The van der Waals surface area contributed by atoms with Crippen molar-refractivity contribution in [2.24, 2.45) is 28.6 Å². The summed E-state index contributed by atoms with van der Waals surface area (Å²) in [4.78, 5) is 12.3. The fourth-order valence-electron chi connectivity index (χ4n) is 7.99. The summed E-state index contributed by atoms with van der Waals surface area (Å²) in [7, 11) is 0. The van der Waals surface area contributed by atoms with E-state index in [9.17, 15) is 30.3 Å². The SMILES string of the molecule is CC(=O)[C@H]1CC[C@@]2(O)[C@]1(C)[C@H](O)[C@@H](O)[C@@H]1[C@@]3(C)CC[C@H](O)C[C@@H]3CC[C@]12O. The van der Waals surface area contributed by atoms with Crippen molar-refractivity contribution in [1.82, 2.24) is 0 Å². The maximum atomic E-state index is 12.3. The van der Waals surface area contributed by atoms with Gasteiger partial charge in [-0.05, 0) is 63.2 Å². The van der Waals surface area contributed by atoms with Crippen LogP contribution in [0.1, 0.15) is 65.7 Å². The molecule has 27 heavy (non-hydrogen) atoms. The maximum absolute atomic E-state index is 12.3. The minimum Gasteiger partial charge on any atom is -0.393 e. The van der Waals surface area contributed by atoms with Crippen LogP contribution in [0.3, 0.4) is 0 Å². The Morgan fingerprint density at radius 1 is 0.963 bits per heavy atom. The highest BCUT2D eigenvalue weighted by Gasteiger charge is 2.79. The summed E-state index contributed by atoms with van der Waals surface area (Å²) in [6, 6.07) is 0. The van der Waals surface area contributed by atoms with E-state index in [1.807, 2.05) is 6.92 Å². The van der Waals surface area contributed by atoms with Crippen LogP contribution in [0.25, 0.3) is 0 Å². The molecule has 4 aliphatic carbocycles. The van der Waals surface area contributed by atoms with Gasteiger partial charge in [0.2, 0.25) is 0 Å². The van der Waals surface area contributed by atoms with Gasteiger partial charge >= 0.3 is 0 Å². The van der Waals surface area contributed by atoms with Crippen molar-refractivity contribution in [1.29, 1.82) is 0 Å². The predicted molar refractivity (Wildman–Crippen MR) is 97.6 cm³/mol. The lowest BCUT2D eigenvalue weighted by Gasteiger charge is -2.69. The molecule has 0 amide bonds. The van der Waals surface area contributed by atoms with Gasteiger partial charge in [0.25, 0.3) is 0 Å². The molecule has 4 aliphatic rings.